The Kier molecular flexibility index (Phi) is 7.83. The smallest absolute Gasteiger partial charge is 0.242 e. The van der Waals surface area contributed by atoms with Crippen molar-refractivity contribution in [3.05, 3.63) is 48.0 Å². The first-order chi connectivity index (χ1) is 14.1. The number of hydrogen-bond donors (Lipinski definition) is 1. The standard InChI is InChI=1S/C21H30N4O4S/c1-23(2)19-12-11-17(30(27,28)24(3)4)13-18(19)22-21(26)15-25(5)14-16-9-7-8-10-20(16)29-6/h7-13H,14-15H2,1-6H3,(H,22,26). The van der Waals surface area contributed by atoms with Gasteiger partial charge in [0.2, 0.25) is 15.9 Å². The Hall–Kier alpha value is -2.62. The largest absolute Gasteiger partial charge is 0.496 e. The van der Waals surface area contributed by atoms with Crippen molar-refractivity contribution in [3.8, 4) is 5.75 Å². The van der Waals surface area contributed by atoms with Crippen LogP contribution in [0.4, 0.5) is 11.4 Å². The van der Waals surface area contributed by atoms with E-state index in [9.17, 15) is 13.2 Å². The second kappa shape index (κ2) is 9.92. The number of carbonyl (C=O) groups excluding carboxylic acids is 1. The maximum absolute atomic E-state index is 12.7. The van der Waals surface area contributed by atoms with Gasteiger partial charge in [0.05, 0.1) is 29.9 Å². The normalized spacial score (nSPS) is 11.6. The van der Waals surface area contributed by atoms with Crippen molar-refractivity contribution in [2.75, 3.05) is 59.1 Å². The summed E-state index contributed by atoms with van der Waals surface area (Å²) in [4.78, 5) is 16.5. The second-order valence-corrected chi connectivity index (χ2v) is 9.54. The number of ether oxygens (including phenoxy) is 1. The highest BCUT2D eigenvalue weighted by molar-refractivity contribution is 7.89. The van der Waals surface area contributed by atoms with Crippen LogP contribution < -0.4 is 15.0 Å². The average Bonchev–Trinajstić information content (AvgIpc) is 2.67. The second-order valence-electron chi connectivity index (χ2n) is 7.39. The minimum Gasteiger partial charge on any atom is -0.496 e. The third-order valence-electron chi connectivity index (χ3n) is 4.55. The van der Waals surface area contributed by atoms with E-state index in [1.165, 1.54) is 26.2 Å². The molecule has 0 aliphatic rings. The fourth-order valence-corrected chi connectivity index (χ4v) is 3.92. The van der Waals surface area contributed by atoms with Gasteiger partial charge in [-0.2, -0.15) is 0 Å². The molecule has 0 unspecified atom stereocenters. The Labute approximate surface area is 179 Å². The number of para-hydroxylation sites is 1. The van der Waals surface area contributed by atoms with E-state index >= 15 is 0 Å². The summed E-state index contributed by atoms with van der Waals surface area (Å²) in [6, 6.07) is 12.4. The lowest BCUT2D eigenvalue weighted by Crippen LogP contribution is -2.30. The number of nitrogens with zero attached hydrogens (tertiary/aromatic N) is 3. The molecule has 0 radical (unpaired) electrons. The molecular formula is C21H30N4O4S. The first-order valence-electron chi connectivity index (χ1n) is 9.40. The number of likely N-dealkylation sites (N-methyl/N-ethyl adjacent to an activating group) is 1. The lowest BCUT2D eigenvalue weighted by molar-refractivity contribution is -0.117. The Balaban J connectivity index is 2.18. The number of nitrogens with one attached hydrogen (secondary N) is 1. The number of carbonyl (C=O) groups is 1. The molecule has 0 aromatic heterocycles. The van der Waals surface area contributed by atoms with Gasteiger partial charge in [-0.3, -0.25) is 9.69 Å². The first kappa shape index (κ1) is 23.7. The summed E-state index contributed by atoms with van der Waals surface area (Å²) >= 11 is 0. The van der Waals surface area contributed by atoms with E-state index in [1.54, 1.807) is 13.2 Å². The molecule has 0 bridgehead atoms. The summed E-state index contributed by atoms with van der Waals surface area (Å²) in [6.07, 6.45) is 0. The van der Waals surface area contributed by atoms with Gasteiger partial charge in [-0.1, -0.05) is 18.2 Å². The van der Waals surface area contributed by atoms with Gasteiger partial charge < -0.3 is 15.0 Å². The highest BCUT2D eigenvalue weighted by Crippen LogP contribution is 2.28. The zero-order valence-corrected chi connectivity index (χ0v) is 19.2. The maximum Gasteiger partial charge on any atom is 0.242 e. The van der Waals surface area contributed by atoms with Crippen LogP contribution in [-0.4, -0.2) is 72.4 Å². The molecule has 2 aromatic rings. The fraction of sp³-hybridized carbons (Fsp3) is 0.381. The lowest BCUT2D eigenvalue weighted by atomic mass is 10.2. The van der Waals surface area contributed by atoms with Crippen molar-refractivity contribution in [3.63, 3.8) is 0 Å². The SMILES string of the molecule is COc1ccccc1CN(C)CC(=O)Nc1cc(S(=O)(=O)N(C)C)ccc1N(C)C. The molecule has 0 spiro atoms. The Morgan fingerprint density at radius 2 is 1.70 bits per heavy atom. The fourth-order valence-electron chi connectivity index (χ4n) is 2.99. The van der Waals surface area contributed by atoms with Gasteiger partial charge >= 0.3 is 0 Å². The van der Waals surface area contributed by atoms with Gasteiger partial charge in [-0.05, 0) is 31.3 Å². The summed E-state index contributed by atoms with van der Waals surface area (Å²) < 4.78 is 31.4. The predicted octanol–water partition coefficient (Wildman–Crippen LogP) is 2.08. The molecule has 0 atom stereocenters. The molecule has 0 saturated carbocycles. The number of anilines is 2. The van der Waals surface area contributed by atoms with Crippen LogP contribution in [-0.2, 0) is 21.4 Å². The molecule has 9 heteroatoms. The third kappa shape index (κ3) is 5.71. The highest BCUT2D eigenvalue weighted by atomic mass is 32.2. The lowest BCUT2D eigenvalue weighted by Gasteiger charge is -2.22. The monoisotopic (exact) mass is 434 g/mol. The quantitative estimate of drug-likeness (QED) is 0.651. The molecule has 0 fully saturated rings. The van der Waals surface area contributed by atoms with Crippen molar-refractivity contribution < 1.29 is 17.9 Å². The van der Waals surface area contributed by atoms with Gasteiger partial charge in [0, 0.05) is 40.3 Å². The number of rotatable bonds is 9. The Bertz CT molecular complexity index is 990. The van der Waals surface area contributed by atoms with Crippen LogP contribution in [0.3, 0.4) is 0 Å². The summed E-state index contributed by atoms with van der Waals surface area (Å²) in [5, 5.41) is 2.85. The molecule has 8 nitrogen and oxygen atoms in total. The first-order valence-corrected chi connectivity index (χ1v) is 10.8. The summed E-state index contributed by atoms with van der Waals surface area (Å²) in [7, 11) is 6.45. The Morgan fingerprint density at radius 1 is 1.03 bits per heavy atom. The molecule has 0 aliphatic carbocycles. The number of amides is 1. The van der Waals surface area contributed by atoms with Gasteiger partial charge in [-0.15, -0.1) is 0 Å². The summed E-state index contributed by atoms with van der Waals surface area (Å²) in [5.41, 5.74) is 2.13. The van der Waals surface area contributed by atoms with Crippen LogP contribution in [0.15, 0.2) is 47.4 Å². The number of sulfonamides is 1. The molecular weight excluding hydrogens is 404 g/mol. The van der Waals surface area contributed by atoms with Gasteiger partial charge in [0.15, 0.2) is 0 Å². The van der Waals surface area contributed by atoms with Crippen LogP contribution in [0.25, 0.3) is 0 Å². The zero-order valence-electron chi connectivity index (χ0n) is 18.3. The average molecular weight is 435 g/mol. The van der Waals surface area contributed by atoms with Crippen LogP contribution in [0, 0.1) is 0 Å². The zero-order chi connectivity index (χ0) is 22.5. The van der Waals surface area contributed by atoms with Gasteiger partial charge in [0.1, 0.15) is 5.75 Å². The van der Waals surface area contributed by atoms with Crippen LogP contribution in [0.2, 0.25) is 0 Å². The molecule has 30 heavy (non-hydrogen) atoms. The van der Waals surface area contributed by atoms with Crippen LogP contribution in [0.1, 0.15) is 5.56 Å². The van der Waals surface area contributed by atoms with E-state index < -0.39 is 10.0 Å². The molecule has 1 amide bonds. The molecule has 0 aliphatic heterocycles. The van der Waals surface area contributed by atoms with Crippen molar-refractivity contribution in [2.24, 2.45) is 0 Å². The minimum absolute atomic E-state index is 0.121. The van der Waals surface area contributed by atoms with E-state index in [1.807, 2.05) is 55.2 Å². The maximum atomic E-state index is 12.7. The van der Waals surface area contributed by atoms with E-state index in [4.69, 9.17) is 4.74 Å². The van der Waals surface area contributed by atoms with Crippen molar-refractivity contribution in [1.82, 2.24) is 9.21 Å². The van der Waals surface area contributed by atoms with Crippen molar-refractivity contribution in [1.29, 1.82) is 0 Å². The van der Waals surface area contributed by atoms with E-state index in [0.717, 1.165) is 15.6 Å². The third-order valence-corrected chi connectivity index (χ3v) is 6.36. The molecule has 2 rings (SSSR count). The minimum atomic E-state index is -3.61. The van der Waals surface area contributed by atoms with Gasteiger partial charge in [0.25, 0.3) is 0 Å². The van der Waals surface area contributed by atoms with Crippen LogP contribution in [0.5, 0.6) is 5.75 Å². The van der Waals surface area contributed by atoms with E-state index in [2.05, 4.69) is 5.32 Å². The molecule has 2 aromatic carbocycles. The van der Waals surface area contributed by atoms with Crippen LogP contribution >= 0.6 is 0 Å². The van der Waals surface area contributed by atoms with Gasteiger partial charge in [-0.25, -0.2) is 12.7 Å². The molecule has 0 heterocycles. The number of methoxy groups -OCH3 is 1. The van der Waals surface area contributed by atoms with Crippen molar-refractivity contribution in [2.45, 2.75) is 11.4 Å². The van der Waals surface area contributed by atoms with Crippen molar-refractivity contribution >= 4 is 27.3 Å². The summed E-state index contributed by atoms with van der Waals surface area (Å²) in [6.45, 7) is 0.669. The topological polar surface area (TPSA) is 82.2 Å². The summed E-state index contributed by atoms with van der Waals surface area (Å²) in [5.74, 6) is 0.524. The van der Waals surface area contributed by atoms with E-state index in [0.29, 0.717) is 17.9 Å². The highest BCUT2D eigenvalue weighted by Gasteiger charge is 2.20. The molecule has 164 valence electrons. The van der Waals surface area contributed by atoms with E-state index in [-0.39, 0.29) is 17.3 Å². The molecule has 1 N–H and O–H groups in total. The number of hydrogen-bond acceptors (Lipinski definition) is 6. The number of benzene rings is 2. The molecule has 0 saturated heterocycles. The predicted molar refractivity (Wildman–Crippen MR) is 120 cm³/mol. The Morgan fingerprint density at radius 3 is 2.30 bits per heavy atom.